The Labute approximate surface area is 82.8 Å². The Balaban J connectivity index is -0.000000405. The summed E-state index contributed by atoms with van der Waals surface area (Å²) in [6.45, 7) is 1.75. The molecule has 0 spiro atoms. The molecule has 0 heterocycles. The van der Waals surface area contributed by atoms with Crippen LogP contribution in [-0.4, -0.2) is 65.2 Å². The Morgan fingerprint density at radius 3 is 1.17 bits per heavy atom. The maximum absolute atomic E-state index is 8.48. The van der Waals surface area contributed by atoms with Crippen LogP contribution in [0.4, 0.5) is 0 Å². The van der Waals surface area contributed by atoms with Gasteiger partial charge in [0.1, 0.15) is 0 Å². The van der Waals surface area contributed by atoms with E-state index in [1.807, 2.05) is 0 Å². The molecule has 0 saturated carbocycles. The van der Waals surface area contributed by atoms with Gasteiger partial charge in [0, 0.05) is 36.7 Å². The first-order chi connectivity index (χ1) is 4.85. The summed E-state index contributed by atoms with van der Waals surface area (Å²) < 4.78 is 0. The summed E-state index contributed by atoms with van der Waals surface area (Å²) in [5, 5.41) is 25.5. The molecule has 0 aromatic carbocycles. The minimum absolute atomic E-state index is 0. The van der Waals surface area contributed by atoms with Crippen molar-refractivity contribution in [2.45, 2.75) is 0 Å². The van der Waals surface area contributed by atoms with Crippen LogP contribution in [0.5, 0.6) is 0 Å². The minimum Gasteiger partial charge on any atom is -0.412 e. The van der Waals surface area contributed by atoms with E-state index < -0.39 is 0 Å². The summed E-state index contributed by atoms with van der Waals surface area (Å²) in [6, 6.07) is 0. The molecule has 5 nitrogen and oxygen atoms in total. The fourth-order valence-corrected chi connectivity index (χ4v) is 0.760. The fraction of sp³-hybridized carbons (Fsp3) is 1.00. The molecule has 12 heavy (non-hydrogen) atoms. The molecule has 0 unspecified atom stereocenters. The number of hydrogen-bond acceptors (Lipinski definition) is 4. The van der Waals surface area contributed by atoms with E-state index in [1.54, 1.807) is 4.90 Å². The molecule has 0 aromatic rings. The van der Waals surface area contributed by atoms with Crippen LogP contribution in [0.3, 0.4) is 0 Å². The van der Waals surface area contributed by atoms with Crippen LogP contribution in [0.2, 0.25) is 0 Å². The van der Waals surface area contributed by atoms with Crippen molar-refractivity contribution in [1.29, 1.82) is 0 Å². The normalized spacial score (nSPS) is 9.00. The maximum atomic E-state index is 8.48. The second kappa shape index (κ2) is 13.9. The van der Waals surface area contributed by atoms with Crippen molar-refractivity contribution in [3.63, 3.8) is 0 Å². The van der Waals surface area contributed by atoms with Crippen LogP contribution < -0.4 is 0 Å². The van der Waals surface area contributed by atoms with Crippen molar-refractivity contribution in [3.05, 3.63) is 0 Å². The fourth-order valence-electron chi connectivity index (χ4n) is 0.760. The summed E-state index contributed by atoms with van der Waals surface area (Å²) >= 11 is 0. The van der Waals surface area contributed by atoms with E-state index in [-0.39, 0.29) is 42.4 Å². The zero-order valence-electron chi connectivity index (χ0n) is 6.83. The predicted octanol–water partition coefficient (Wildman–Crippen LogP) is -2.56. The van der Waals surface area contributed by atoms with E-state index >= 15 is 0 Å². The molecule has 5 N–H and O–H groups in total. The standard InChI is InChI=1S/C6H15NO3.Cu.H2O/c8-4-1-7(2-5-9)3-6-10;;/h8-10H,1-6H2;;1H2. The van der Waals surface area contributed by atoms with Gasteiger partial charge in [-0.2, -0.15) is 0 Å². The van der Waals surface area contributed by atoms with E-state index in [0.717, 1.165) is 0 Å². The summed E-state index contributed by atoms with van der Waals surface area (Å²) in [6.07, 6.45) is 0. The smallest absolute Gasteiger partial charge is 0.0558 e. The van der Waals surface area contributed by atoms with E-state index in [4.69, 9.17) is 15.3 Å². The molecule has 0 aliphatic carbocycles. The van der Waals surface area contributed by atoms with Crippen molar-refractivity contribution in [2.24, 2.45) is 0 Å². The first kappa shape index (κ1) is 18.2. The SMILES string of the molecule is O.OCCN(CCO)CCO.[Cu]. The van der Waals surface area contributed by atoms with Crippen LogP contribution in [0, 0.1) is 0 Å². The van der Waals surface area contributed by atoms with Gasteiger partial charge in [-0.15, -0.1) is 0 Å². The Bertz CT molecular complexity index is 62.3. The molecular weight excluding hydrogens is 214 g/mol. The maximum Gasteiger partial charge on any atom is 0.0558 e. The molecule has 0 saturated heterocycles. The molecule has 0 aromatic heterocycles. The molecule has 0 aliphatic heterocycles. The molecule has 0 fully saturated rings. The second-order valence-corrected chi connectivity index (χ2v) is 2.01. The average molecular weight is 231 g/mol. The molecular formula is C6H17CuNO4. The third kappa shape index (κ3) is 10.3. The van der Waals surface area contributed by atoms with Crippen molar-refractivity contribution >= 4 is 0 Å². The summed E-state index contributed by atoms with van der Waals surface area (Å²) in [4.78, 5) is 1.79. The first-order valence-corrected chi connectivity index (χ1v) is 3.40. The number of rotatable bonds is 6. The average Bonchev–Trinajstić information content (AvgIpc) is 1.90. The van der Waals surface area contributed by atoms with Gasteiger partial charge in [-0.05, 0) is 0 Å². The molecule has 1 radical (unpaired) electrons. The monoisotopic (exact) mass is 230 g/mol. The summed E-state index contributed by atoms with van der Waals surface area (Å²) in [7, 11) is 0. The van der Waals surface area contributed by atoms with Crippen molar-refractivity contribution in [1.82, 2.24) is 4.90 Å². The number of aliphatic hydroxyl groups excluding tert-OH is 3. The van der Waals surface area contributed by atoms with Gasteiger partial charge in [0.25, 0.3) is 0 Å². The third-order valence-corrected chi connectivity index (χ3v) is 1.25. The number of nitrogens with zero attached hydrogens (tertiary/aromatic N) is 1. The Morgan fingerprint density at radius 1 is 0.750 bits per heavy atom. The number of hydrogen-bond donors (Lipinski definition) is 3. The molecule has 0 atom stereocenters. The Morgan fingerprint density at radius 2 is 1.00 bits per heavy atom. The molecule has 81 valence electrons. The van der Waals surface area contributed by atoms with Crippen LogP contribution in [-0.2, 0) is 17.1 Å². The predicted molar refractivity (Wildman–Crippen MR) is 41.3 cm³/mol. The van der Waals surface area contributed by atoms with Gasteiger partial charge in [-0.1, -0.05) is 0 Å². The molecule has 6 heteroatoms. The zero-order valence-corrected chi connectivity index (χ0v) is 7.77. The minimum atomic E-state index is 0. The van der Waals surface area contributed by atoms with Gasteiger partial charge in [0.15, 0.2) is 0 Å². The molecule has 0 aliphatic rings. The second-order valence-electron chi connectivity index (χ2n) is 2.01. The largest absolute Gasteiger partial charge is 0.412 e. The van der Waals surface area contributed by atoms with Crippen LogP contribution in [0.1, 0.15) is 0 Å². The van der Waals surface area contributed by atoms with Crippen LogP contribution >= 0.6 is 0 Å². The summed E-state index contributed by atoms with van der Waals surface area (Å²) in [5.41, 5.74) is 0. The Hall–Kier alpha value is 0.319. The van der Waals surface area contributed by atoms with E-state index in [2.05, 4.69) is 0 Å². The third-order valence-electron chi connectivity index (χ3n) is 1.25. The van der Waals surface area contributed by atoms with Gasteiger partial charge in [0.05, 0.1) is 19.8 Å². The van der Waals surface area contributed by atoms with Crippen molar-refractivity contribution < 1.29 is 37.9 Å². The quantitative estimate of drug-likeness (QED) is 0.438. The number of aliphatic hydroxyl groups is 3. The van der Waals surface area contributed by atoms with Gasteiger partial charge in [-0.25, -0.2) is 0 Å². The van der Waals surface area contributed by atoms with Crippen LogP contribution in [0.25, 0.3) is 0 Å². The topological polar surface area (TPSA) is 95.4 Å². The molecule has 0 amide bonds. The first-order valence-electron chi connectivity index (χ1n) is 3.40. The van der Waals surface area contributed by atoms with Gasteiger partial charge in [0.2, 0.25) is 0 Å². The molecule has 0 rings (SSSR count). The zero-order chi connectivity index (χ0) is 7.82. The van der Waals surface area contributed by atoms with Gasteiger partial charge in [-0.3, -0.25) is 4.90 Å². The van der Waals surface area contributed by atoms with E-state index in [9.17, 15) is 0 Å². The molecule has 0 bridgehead atoms. The Kier molecular flexibility index (Phi) is 21.0. The van der Waals surface area contributed by atoms with Gasteiger partial charge >= 0.3 is 0 Å². The van der Waals surface area contributed by atoms with E-state index in [1.165, 1.54) is 0 Å². The summed E-state index contributed by atoms with van der Waals surface area (Å²) in [5.74, 6) is 0. The van der Waals surface area contributed by atoms with Crippen LogP contribution in [0.15, 0.2) is 0 Å². The van der Waals surface area contributed by atoms with Crippen molar-refractivity contribution in [2.75, 3.05) is 39.5 Å². The van der Waals surface area contributed by atoms with E-state index in [0.29, 0.717) is 19.6 Å². The van der Waals surface area contributed by atoms with Gasteiger partial charge < -0.3 is 20.8 Å². The van der Waals surface area contributed by atoms with Crippen molar-refractivity contribution in [3.8, 4) is 0 Å².